The smallest absolute Gasteiger partial charge is 0.246 e. The number of anilines is 1. The number of nitrogens with zero attached hydrogens (tertiary/aromatic N) is 1. The Morgan fingerprint density at radius 3 is 2.80 bits per heavy atom. The van der Waals surface area contributed by atoms with Crippen molar-refractivity contribution in [3.8, 4) is 0 Å². The summed E-state index contributed by atoms with van der Waals surface area (Å²) >= 11 is 1.70. The van der Waals surface area contributed by atoms with Gasteiger partial charge in [-0.15, -0.1) is 0 Å². The number of thioether (sulfide) groups is 1. The predicted molar refractivity (Wildman–Crippen MR) is 76.1 cm³/mol. The summed E-state index contributed by atoms with van der Waals surface area (Å²) in [5, 5.41) is 0.194. The highest BCUT2D eigenvalue weighted by molar-refractivity contribution is 8.00. The monoisotopic (exact) mass is 322 g/mol. The van der Waals surface area contributed by atoms with Gasteiger partial charge in [-0.05, 0) is 18.6 Å². The van der Waals surface area contributed by atoms with Crippen molar-refractivity contribution in [2.24, 2.45) is 0 Å². The number of hydrogen-bond donors (Lipinski definition) is 1. The van der Waals surface area contributed by atoms with Gasteiger partial charge in [-0.1, -0.05) is 6.92 Å². The third kappa shape index (κ3) is 2.77. The maximum atomic E-state index is 13.9. The van der Waals surface area contributed by atoms with Crippen LogP contribution in [0.4, 0.5) is 14.5 Å². The number of nitrogens with two attached hydrogens (primary N) is 1. The molecule has 1 unspecified atom stereocenters. The zero-order valence-corrected chi connectivity index (χ0v) is 12.6. The van der Waals surface area contributed by atoms with Crippen LogP contribution in [0.3, 0.4) is 0 Å². The van der Waals surface area contributed by atoms with E-state index in [0.717, 1.165) is 18.6 Å². The van der Waals surface area contributed by atoms with Gasteiger partial charge in [0.1, 0.15) is 16.4 Å². The summed E-state index contributed by atoms with van der Waals surface area (Å²) in [6.45, 7) is 2.63. The average Bonchev–Trinajstić information content (AvgIpc) is 2.44. The van der Waals surface area contributed by atoms with Crippen LogP contribution < -0.4 is 5.73 Å². The second-order valence-corrected chi connectivity index (χ2v) is 7.85. The fraction of sp³-hybridized carbons (Fsp3) is 0.500. The third-order valence-electron chi connectivity index (χ3n) is 3.27. The van der Waals surface area contributed by atoms with E-state index in [1.165, 1.54) is 4.31 Å². The Morgan fingerprint density at radius 2 is 2.15 bits per heavy atom. The molecule has 1 aliphatic heterocycles. The molecule has 0 aromatic heterocycles. The quantitative estimate of drug-likeness (QED) is 0.865. The SMILES string of the molecule is CCC1CN(S(=O)(=O)c2ccc(F)c(N)c2F)CCS1. The molecule has 2 N–H and O–H groups in total. The molecule has 20 heavy (non-hydrogen) atoms. The molecular formula is C12H16F2N2O2S2. The minimum absolute atomic E-state index is 0.194. The van der Waals surface area contributed by atoms with Crippen molar-refractivity contribution in [2.75, 3.05) is 24.6 Å². The molecule has 1 saturated heterocycles. The summed E-state index contributed by atoms with van der Waals surface area (Å²) in [6.07, 6.45) is 0.838. The van der Waals surface area contributed by atoms with E-state index < -0.39 is 32.2 Å². The molecule has 8 heteroatoms. The molecule has 1 heterocycles. The van der Waals surface area contributed by atoms with Crippen LogP contribution >= 0.6 is 11.8 Å². The van der Waals surface area contributed by atoms with E-state index >= 15 is 0 Å². The van der Waals surface area contributed by atoms with Crippen LogP contribution in [0.2, 0.25) is 0 Å². The number of halogens is 2. The van der Waals surface area contributed by atoms with Crippen molar-refractivity contribution < 1.29 is 17.2 Å². The number of sulfonamides is 1. The summed E-state index contributed by atoms with van der Waals surface area (Å²) in [6, 6.07) is 1.81. The van der Waals surface area contributed by atoms with E-state index in [1.807, 2.05) is 6.92 Å². The van der Waals surface area contributed by atoms with Crippen molar-refractivity contribution in [3.05, 3.63) is 23.8 Å². The molecule has 0 radical (unpaired) electrons. The maximum Gasteiger partial charge on any atom is 0.246 e. The summed E-state index contributed by atoms with van der Waals surface area (Å²) in [7, 11) is -3.98. The highest BCUT2D eigenvalue weighted by atomic mass is 32.2. The Morgan fingerprint density at radius 1 is 1.45 bits per heavy atom. The molecule has 0 amide bonds. The van der Waals surface area contributed by atoms with Gasteiger partial charge in [-0.25, -0.2) is 17.2 Å². The predicted octanol–water partition coefficient (Wildman–Crippen LogP) is 2.06. The van der Waals surface area contributed by atoms with E-state index in [-0.39, 0.29) is 5.25 Å². The third-order valence-corrected chi connectivity index (χ3v) is 6.52. The second kappa shape index (κ2) is 5.87. The Hall–Kier alpha value is -0.860. The lowest BCUT2D eigenvalue weighted by Gasteiger charge is -2.31. The van der Waals surface area contributed by atoms with Crippen LogP contribution in [0.1, 0.15) is 13.3 Å². The van der Waals surface area contributed by atoms with E-state index in [2.05, 4.69) is 0 Å². The van der Waals surface area contributed by atoms with Crippen LogP contribution in [0.25, 0.3) is 0 Å². The van der Waals surface area contributed by atoms with Gasteiger partial charge in [-0.3, -0.25) is 0 Å². The molecule has 112 valence electrons. The molecule has 0 saturated carbocycles. The highest BCUT2D eigenvalue weighted by Gasteiger charge is 2.32. The zero-order valence-electron chi connectivity index (χ0n) is 11.0. The molecule has 4 nitrogen and oxygen atoms in total. The maximum absolute atomic E-state index is 13.9. The Labute approximate surface area is 121 Å². The van der Waals surface area contributed by atoms with E-state index in [4.69, 9.17) is 5.73 Å². The first-order valence-corrected chi connectivity index (χ1v) is 8.72. The first-order valence-electron chi connectivity index (χ1n) is 6.23. The van der Waals surface area contributed by atoms with E-state index in [0.29, 0.717) is 18.8 Å². The Kier molecular flexibility index (Phi) is 4.55. The van der Waals surface area contributed by atoms with Crippen LogP contribution in [-0.2, 0) is 10.0 Å². The summed E-state index contributed by atoms with van der Waals surface area (Å²) in [5.74, 6) is -1.51. The molecule has 2 rings (SSSR count). The Balaban J connectivity index is 2.38. The van der Waals surface area contributed by atoms with Gasteiger partial charge in [0.2, 0.25) is 10.0 Å². The summed E-state index contributed by atoms with van der Waals surface area (Å²) in [5.41, 5.74) is 4.47. The first-order chi connectivity index (χ1) is 9.37. The molecular weight excluding hydrogens is 306 g/mol. The van der Waals surface area contributed by atoms with Gasteiger partial charge < -0.3 is 5.73 Å². The van der Waals surface area contributed by atoms with E-state index in [9.17, 15) is 17.2 Å². The molecule has 0 spiro atoms. The lowest BCUT2D eigenvalue weighted by atomic mass is 10.3. The highest BCUT2D eigenvalue weighted by Crippen LogP contribution is 2.29. The summed E-state index contributed by atoms with van der Waals surface area (Å²) < 4.78 is 53.2. The Bertz CT molecular complexity index is 608. The molecule has 1 aromatic rings. The van der Waals surface area contributed by atoms with Gasteiger partial charge >= 0.3 is 0 Å². The van der Waals surface area contributed by atoms with Crippen LogP contribution in [0.5, 0.6) is 0 Å². The number of benzene rings is 1. The van der Waals surface area contributed by atoms with Crippen molar-refractivity contribution >= 4 is 27.5 Å². The standard InChI is InChI=1S/C12H16F2N2O2S2/c1-2-8-7-16(5-6-19-8)20(17,18)10-4-3-9(13)12(15)11(10)14/h3-4,8H,2,5-7,15H2,1H3. The molecule has 1 aromatic carbocycles. The van der Waals surface area contributed by atoms with Gasteiger partial charge in [0, 0.05) is 24.1 Å². The van der Waals surface area contributed by atoms with E-state index in [1.54, 1.807) is 11.8 Å². The largest absolute Gasteiger partial charge is 0.394 e. The topological polar surface area (TPSA) is 63.4 Å². The van der Waals surface area contributed by atoms with Crippen molar-refractivity contribution in [1.29, 1.82) is 0 Å². The molecule has 1 atom stereocenters. The fourth-order valence-electron chi connectivity index (χ4n) is 2.05. The van der Waals surface area contributed by atoms with Crippen molar-refractivity contribution in [1.82, 2.24) is 4.31 Å². The second-order valence-electron chi connectivity index (χ2n) is 4.54. The molecule has 0 aliphatic carbocycles. The summed E-state index contributed by atoms with van der Waals surface area (Å²) in [4.78, 5) is -0.557. The number of hydrogen-bond acceptors (Lipinski definition) is 4. The molecule has 1 aliphatic rings. The minimum atomic E-state index is -3.98. The molecule has 0 bridgehead atoms. The van der Waals surface area contributed by atoms with Gasteiger partial charge in [-0.2, -0.15) is 16.1 Å². The van der Waals surface area contributed by atoms with Crippen molar-refractivity contribution in [2.45, 2.75) is 23.5 Å². The fourth-order valence-corrected chi connectivity index (χ4v) is 5.00. The van der Waals surface area contributed by atoms with Crippen LogP contribution in [-0.4, -0.2) is 36.8 Å². The van der Waals surface area contributed by atoms with Gasteiger partial charge in [0.25, 0.3) is 0 Å². The minimum Gasteiger partial charge on any atom is -0.394 e. The van der Waals surface area contributed by atoms with Gasteiger partial charge in [0.15, 0.2) is 5.82 Å². The number of rotatable bonds is 3. The van der Waals surface area contributed by atoms with Gasteiger partial charge in [0.05, 0.1) is 0 Å². The normalized spacial score (nSPS) is 21.1. The number of nitrogen functional groups attached to an aromatic ring is 1. The van der Waals surface area contributed by atoms with Crippen LogP contribution in [0.15, 0.2) is 17.0 Å². The van der Waals surface area contributed by atoms with Crippen LogP contribution in [0, 0.1) is 11.6 Å². The first kappa shape index (κ1) is 15.5. The average molecular weight is 322 g/mol. The molecule has 1 fully saturated rings. The van der Waals surface area contributed by atoms with Crippen molar-refractivity contribution in [3.63, 3.8) is 0 Å². The zero-order chi connectivity index (χ0) is 14.9. The lowest BCUT2D eigenvalue weighted by Crippen LogP contribution is -2.42. The lowest BCUT2D eigenvalue weighted by molar-refractivity contribution is 0.412.